The number of anilines is 2. The maximum Gasteiger partial charge on any atom is 0.346 e. The number of thiophene rings is 1. The van der Waals surface area contributed by atoms with Crippen LogP contribution in [0.1, 0.15) is 19.3 Å². The molecule has 0 spiro atoms. The van der Waals surface area contributed by atoms with E-state index in [1.165, 1.54) is 24.3 Å². The second kappa shape index (κ2) is 8.24. The van der Waals surface area contributed by atoms with Gasteiger partial charge in [-0.2, -0.15) is 0 Å². The molecule has 0 saturated heterocycles. The number of benzene rings is 2. The molecule has 1 heterocycles. The van der Waals surface area contributed by atoms with Crippen molar-refractivity contribution in [1.29, 1.82) is 0 Å². The molecule has 29 heavy (non-hydrogen) atoms. The van der Waals surface area contributed by atoms with E-state index < -0.39 is 21.9 Å². The Kier molecular flexibility index (Phi) is 5.92. The first-order valence-corrected chi connectivity index (χ1v) is 11.2. The minimum atomic E-state index is -3.52. The molecule has 0 radical (unpaired) electrons. The lowest BCUT2D eigenvalue weighted by molar-refractivity contribution is 0.0702. The Labute approximate surface area is 176 Å². The van der Waals surface area contributed by atoms with Gasteiger partial charge in [0.25, 0.3) is 5.91 Å². The summed E-state index contributed by atoms with van der Waals surface area (Å²) in [5.41, 5.74) is 1.58. The van der Waals surface area contributed by atoms with Gasteiger partial charge in [0.2, 0.25) is 10.0 Å². The van der Waals surface area contributed by atoms with E-state index in [0.29, 0.717) is 11.1 Å². The highest BCUT2D eigenvalue weighted by atomic mass is 35.5. The van der Waals surface area contributed by atoms with Crippen LogP contribution in [-0.4, -0.2) is 31.7 Å². The maximum atomic E-state index is 12.7. The Hall–Kier alpha value is -2.88. The number of rotatable bonds is 6. The maximum absolute atomic E-state index is 12.7. The third-order valence-corrected chi connectivity index (χ3v) is 5.64. The number of amides is 1. The topological polar surface area (TPSA) is 113 Å². The molecule has 1 amide bonds. The molecule has 0 fully saturated rings. The van der Waals surface area contributed by atoms with Crippen LogP contribution in [0.25, 0.3) is 11.1 Å². The van der Waals surface area contributed by atoms with Crippen LogP contribution in [0.4, 0.5) is 11.4 Å². The molecule has 0 atom stereocenters. The van der Waals surface area contributed by atoms with Crippen molar-refractivity contribution in [3.05, 3.63) is 69.4 Å². The minimum Gasteiger partial charge on any atom is -0.477 e. The summed E-state index contributed by atoms with van der Waals surface area (Å²) in [7, 11) is -3.52. The molecule has 3 N–H and O–H groups in total. The molecular weight excluding hydrogens is 436 g/mol. The lowest BCUT2D eigenvalue weighted by Crippen LogP contribution is -2.12. The van der Waals surface area contributed by atoms with Gasteiger partial charge in [0.15, 0.2) is 0 Å². The molecule has 0 bridgehead atoms. The number of aromatic carboxylic acids is 1. The average molecular weight is 451 g/mol. The summed E-state index contributed by atoms with van der Waals surface area (Å²) in [6.07, 6.45) is 0.996. The van der Waals surface area contributed by atoms with Crippen molar-refractivity contribution in [3.63, 3.8) is 0 Å². The summed E-state index contributed by atoms with van der Waals surface area (Å²) in [5, 5.41) is 12.3. The van der Waals surface area contributed by atoms with E-state index in [1.54, 1.807) is 24.3 Å². The molecule has 1 aromatic heterocycles. The third kappa shape index (κ3) is 5.35. The molecular formula is C19H15ClN2O5S2. The molecule has 7 nitrogen and oxygen atoms in total. The summed E-state index contributed by atoms with van der Waals surface area (Å²) in [6, 6.07) is 14.7. The van der Waals surface area contributed by atoms with E-state index in [9.17, 15) is 23.1 Å². The van der Waals surface area contributed by atoms with E-state index >= 15 is 0 Å². The van der Waals surface area contributed by atoms with E-state index in [1.807, 2.05) is 6.07 Å². The van der Waals surface area contributed by atoms with Crippen molar-refractivity contribution >= 4 is 56.2 Å². The highest BCUT2D eigenvalue weighted by Crippen LogP contribution is 2.32. The van der Waals surface area contributed by atoms with Gasteiger partial charge in [-0.1, -0.05) is 41.9 Å². The van der Waals surface area contributed by atoms with Gasteiger partial charge in [0.1, 0.15) is 4.88 Å². The van der Waals surface area contributed by atoms with Crippen LogP contribution in [0.3, 0.4) is 0 Å². The lowest BCUT2D eigenvalue weighted by Gasteiger charge is -2.09. The van der Waals surface area contributed by atoms with Gasteiger partial charge >= 0.3 is 5.97 Å². The normalized spacial score (nSPS) is 11.1. The van der Waals surface area contributed by atoms with Gasteiger partial charge in [-0.3, -0.25) is 9.52 Å². The fourth-order valence-corrected chi connectivity index (χ4v) is 4.32. The average Bonchev–Trinajstić information content (AvgIpc) is 3.06. The van der Waals surface area contributed by atoms with Gasteiger partial charge in [-0.05, 0) is 29.8 Å². The van der Waals surface area contributed by atoms with Crippen LogP contribution >= 0.6 is 22.9 Å². The van der Waals surface area contributed by atoms with Crippen LogP contribution in [0.2, 0.25) is 5.02 Å². The molecule has 0 unspecified atom stereocenters. The van der Waals surface area contributed by atoms with Crippen LogP contribution in [-0.2, 0) is 10.0 Å². The summed E-state index contributed by atoms with van der Waals surface area (Å²) >= 11 is 6.85. The Morgan fingerprint density at radius 2 is 1.69 bits per heavy atom. The Morgan fingerprint density at radius 1 is 1.03 bits per heavy atom. The van der Waals surface area contributed by atoms with E-state index in [-0.39, 0.29) is 26.2 Å². The van der Waals surface area contributed by atoms with Crippen LogP contribution in [0.5, 0.6) is 0 Å². The molecule has 3 aromatic rings. The van der Waals surface area contributed by atoms with Crippen molar-refractivity contribution in [1.82, 2.24) is 0 Å². The molecule has 2 aromatic carbocycles. The number of carboxylic acid groups (broad SMARTS) is 1. The molecule has 150 valence electrons. The van der Waals surface area contributed by atoms with Crippen LogP contribution in [0, 0.1) is 0 Å². The molecule has 10 heteroatoms. The first-order chi connectivity index (χ1) is 13.6. The predicted octanol–water partition coefficient (Wildman–Crippen LogP) is 4.39. The van der Waals surface area contributed by atoms with Crippen LogP contribution < -0.4 is 10.0 Å². The second-order valence-electron chi connectivity index (χ2n) is 6.08. The second-order valence-corrected chi connectivity index (χ2v) is 9.32. The number of hydrogen-bond donors (Lipinski definition) is 3. The van der Waals surface area contributed by atoms with Gasteiger partial charge < -0.3 is 10.4 Å². The number of carbonyl (C=O) groups is 2. The summed E-state index contributed by atoms with van der Waals surface area (Å²) < 4.78 is 25.1. The number of carboxylic acids is 1. The fourth-order valence-electron chi connectivity index (χ4n) is 2.62. The highest BCUT2D eigenvalue weighted by Gasteiger charge is 2.20. The van der Waals surface area contributed by atoms with E-state index in [0.717, 1.165) is 17.6 Å². The molecule has 0 saturated carbocycles. The van der Waals surface area contributed by atoms with Gasteiger partial charge in [0.05, 0.1) is 16.8 Å². The van der Waals surface area contributed by atoms with E-state index in [4.69, 9.17) is 11.6 Å². The van der Waals surface area contributed by atoms with Crippen molar-refractivity contribution < 1.29 is 23.1 Å². The van der Waals surface area contributed by atoms with Gasteiger partial charge in [0, 0.05) is 16.3 Å². The summed E-state index contributed by atoms with van der Waals surface area (Å²) in [5.74, 6) is -1.66. The van der Waals surface area contributed by atoms with Crippen molar-refractivity contribution in [2.24, 2.45) is 0 Å². The SMILES string of the molecule is CS(=O)(=O)Nc1cc(Cl)cc(NC(=O)c2cc(-c3ccccc3)c(C(=O)O)s2)c1. The lowest BCUT2D eigenvalue weighted by atomic mass is 10.1. The van der Waals surface area contributed by atoms with Crippen LogP contribution in [0.15, 0.2) is 54.6 Å². The van der Waals surface area contributed by atoms with Crippen molar-refractivity contribution in [3.8, 4) is 11.1 Å². The summed E-state index contributed by atoms with van der Waals surface area (Å²) in [4.78, 5) is 24.5. The number of nitrogens with one attached hydrogen (secondary N) is 2. The van der Waals surface area contributed by atoms with Crippen molar-refractivity contribution in [2.45, 2.75) is 0 Å². The zero-order valence-corrected chi connectivity index (χ0v) is 17.4. The largest absolute Gasteiger partial charge is 0.477 e. The number of halogens is 1. The standard InChI is InChI=1S/C19H15ClN2O5S2/c1-29(26,27)22-14-8-12(20)7-13(9-14)21-18(23)16-10-15(17(28-16)19(24)25)11-5-3-2-4-6-11/h2-10,22H,1H3,(H,21,23)(H,24,25). The van der Waals surface area contributed by atoms with Gasteiger partial charge in [-0.15, -0.1) is 11.3 Å². The zero-order chi connectivity index (χ0) is 21.2. The van der Waals surface area contributed by atoms with E-state index in [2.05, 4.69) is 10.0 Å². The highest BCUT2D eigenvalue weighted by molar-refractivity contribution is 7.92. The fraction of sp³-hybridized carbons (Fsp3) is 0.0526. The minimum absolute atomic E-state index is 0.0480. The Balaban J connectivity index is 1.91. The first-order valence-electron chi connectivity index (χ1n) is 8.14. The molecule has 0 aliphatic carbocycles. The Morgan fingerprint density at radius 3 is 2.31 bits per heavy atom. The smallest absolute Gasteiger partial charge is 0.346 e. The zero-order valence-electron chi connectivity index (χ0n) is 15.0. The molecule has 0 aliphatic rings. The number of carbonyl (C=O) groups excluding carboxylic acids is 1. The molecule has 0 aliphatic heterocycles. The quantitative estimate of drug-likeness (QED) is 0.515. The first kappa shape index (κ1) is 20.8. The number of sulfonamides is 1. The monoisotopic (exact) mass is 450 g/mol. The Bertz CT molecular complexity index is 1190. The van der Waals surface area contributed by atoms with Gasteiger partial charge in [-0.25, -0.2) is 13.2 Å². The van der Waals surface area contributed by atoms with Crippen molar-refractivity contribution in [2.75, 3.05) is 16.3 Å². The summed E-state index contributed by atoms with van der Waals surface area (Å²) in [6.45, 7) is 0. The molecule has 3 rings (SSSR count). The number of hydrogen-bond acceptors (Lipinski definition) is 5. The third-order valence-electron chi connectivity index (χ3n) is 3.69. The predicted molar refractivity (Wildman–Crippen MR) is 115 cm³/mol.